The van der Waals surface area contributed by atoms with Crippen molar-refractivity contribution >= 4 is 34.9 Å². The number of carbonyl (C=O) groups excluding carboxylic acids is 1. The first-order valence-corrected chi connectivity index (χ1v) is 5.48. The third-order valence-electron chi connectivity index (χ3n) is 2.43. The Kier molecular flexibility index (Phi) is 3.12. The standard InChI is InChI=1S/C10H9Cl2N3O/c1-2-6-3-8(16)15(5-6)10-9(12)14-7(11)4-13-10/h2,4,6H,1,3,5H2. The van der Waals surface area contributed by atoms with Gasteiger partial charge in [0.1, 0.15) is 5.15 Å². The average molecular weight is 258 g/mol. The molecule has 0 bridgehead atoms. The van der Waals surface area contributed by atoms with E-state index in [0.717, 1.165) is 0 Å². The van der Waals surface area contributed by atoms with Crippen LogP contribution in [0.5, 0.6) is 0 Å². The number of amides is 1. The fourth-order valence-electron chi connectivity index (χ4n) is 1.62. The highest BCUT2D eigenvalue weighted by molar-refractivity contribution is 6.34. The first kappa shape index (κ1) is 11.4. The lowest BCUT2D eigenvalue weighted by Crippen LogP contribution is -2.26. The molecule has 0 aromatic carbocycles. The van der Waals surface area contributed by atoms with E-state index in [9.17, 15) is 4.79 Å². The number of nitrogens with zero attached hydrogens (tertiary/aromatic N) is 3. The second-order valence-corrected chi connectivity index (χ2v) is 4.26. The van der Waals surface area contributed by atoms with Gasteiger partial charge in [-0.2, -0.15) is 0 Å². The van der Waals surface area contributed by atoms with Crippen LogP contribution >= 0.6 is 23.2 Å². The van der Waals surface area contributed by atoms with E-state index >= 15 is 0 Å². The Hall–Kier alpha value is -1.13. The molecule has 6 heteroatoms. The van der Waals surface area contributed by atoms with Crippen LogP contribution < -0.4 is 4.90 Å². The molecule has 0 aliphatic carbocycles. The molecule has 4 nitrogen and oxygen atoms in total. The Morgan fingerprint density at radius 3 is 2.88 bits per heavy atom. The molecule has 1 fully saturated rings. The predicted octanol–water partition coefficient (Wildman–Crippen LogP) is 2.32. The van der Waals surface area contributed by atoms with E-state index in [0.29, 0.717) is 18.8 Å². The van der Waals surface area contributed by atoms with Crippen molar-refractivity contribution in [1.29, 1.82) is 0 Å². The van der Waals surface area contributed by atoms with Gasteiger partial charge in [-0.05, 0) is 0 Å². The maximum Gasteiger partial charge on any atom is 0.228 e. The van der Waals surface area contributed by atoms with E-state index in [1.54, 1.807) is 6.08 Å². The van der Waals surface area contributed by atoms with Crippen molar-refractivity contribution in [1.82, 2.24) is 9.97 Å². The van der Waals surface area contributed by atoms with Crippen LogP contribution in [0, 0.1) is 5.92 Å². The molecular weight excluding hydrogens is 249 g/mol. The molecule has 1 atom stereocenters. The topological polar surface area (TPSA) is 46.1 Å². The van der Waals surface area contributed by atoms with Crippen LogP contribution in [0.15, 0.2) is 18.9 Å². The smallest absolute Gasteiger partial charge is 0.228 e. The fraction of sp³-hybridized carbons (Fsp3) is 0.300. The van der Waals surface area contributed by atoms with Gasteiger partial charge in [0.15, 0.2) is 11.0 Å². The van der Waals surface area contributed by atoms with Crippen LogP contribution in [-0.2, 0) is 4.79 Å². The van der Waals surface area contributed by atoms with E-state index in [-0.39, 0.29) is 22.1 Å². The molecule has 0 radical (unpaired) electrons. The summed E-state index contributed by atoms with van der Waals surface area (Å²) in [4.78, 5) is 21.1. The zero-order valence-corrected chi connectivity index (χ0v) is 9.87. The third-order valence-corrected chi connectivity index (χ3v) is 2.86. The number of hydrogen-bond acceptors (Lipinski definition) is 3. The van der Waals surface area contributed by atoms with Gasteiger partial charge in [-0.15, -0.1) is 6.58 Å². The van der Waals surface area contributed by atoms with Crippen LogP contribution in [0.1, 0.15) is 6.42 Å². The number of anilines is 1. The fourth-order valence-corrected chi connectivity index (χ4v) is 2.04. The molecule has 2 rings (SSSR count). The quantitative estimate of drug-likeness (QED) is 0.765. The summed E-state index contributed by atoms with van der Waals surface area (Å²) in [6, 6.07) is 0. The summed E-state index contributed by atoms with van der Waals surface area (Å²) in [6.07, 6.45) is 3.57. The molecule has 1 amide bonds. The summed E-state index contributed by atoms with van der Waals surface area (Å²) < 4.78 is 0. The van der Waals surface area contributed by atoms with Crippen LogP contribution in [-0.4, -0.2) is 22.4 Å². The van der Waals surface area contributed by atoms with Crippen molar-refractivity contribution in [3.63, 3.8) is 0 Å². The number of hydrogen-bond donors (Lipinski definition) is 0. The van der Waals surface area contributed by atoms with Gasteiger partial charge < -0.3 is 0 Å². The summed E-state index contributed by atoms with van der Waals surface area (Å²) >= 11 is 11.5. The minimum Gasteiger partial charge on any atom is -0.294 e. The van der Waals surface area contributed by atoms with Gasteiger partial charge in [0, 0.05) is 18.9 Å². The Labute approximate surface area is 103 Å². The van der Waals surface area contributed by atoms with Crippen molar-refractivity contribution in [3.05, 3.63) is 29.2 Å². The first-order valence-electron chi connectivity index (χ1n) is 4.72. The Morgan fingerprint density at radius 2 is 2.31 bits per heavy atom. The van der Waals surface area contributed by atoms with Crippen molar-refractivity contribution < 1.29 is 4.79 Å². The molecule has 1 aliphatic heterocycles. The normalized spacial score (nSPS) is 20.2. The van der Waals surface area contributed by atoms with Gasteiger partial charge in [0.25, 0.3) is 0 Å². The molecule has 0 spiro atoms. The summed E-state index contributed by atoms with van der Waals surface area (Å²) in [5, 5.41) is 0.353. The number of halogens is 2. The van der Waals surface area contributed by atoms with Gasteiger partial charge in [0.2, 0.25) is 5.91 Å². The van der Waals surface area contributed by atoms with Gasteiger partial charge in [-0.1, -0.05) is 29.3 Å². The molecule has 0 saturated carbocycles. The average Bonchev–Trinajstić information content (AvgIpc) is 2.60. The maximum atomic E-state index is 11.7. The van der Waals surface area contributed by atoms with Crippen LogP contribution in [0.3, 0.4) is 0 Å². The number of carbonyl (C=O) groups is 1. The SMILES string of the molecule is C=CC1CC(=O)N(c2ncc(Cl)nc2Cl)C1. The predicted molar refractivity (Wildman–Crippen MR) is 62.7 cm³/mol. The minimum absolute atomic E-state index is 0.0246. The van der Waals surface area contributed by atoms with E-state index in [1.165, 1.54) is 11.1 Å². The second kappa shape index (κ2) is 4.39. The molecule has 2 heterocycles. The largest absolute Gasteiger partial charge is 0.294 e. The molecule has 1 unspecified atom stereocenters. The van der Waals surface area contributed by atoms with Gasteiger partial charge >= 0.3 is 0 Å². The van der Waals surface area contributed by atoms with Crippen molar-refractivity contribution in [2.24, 2.45) is 5.92 Å². The Bertz CT molecular complexity index is 450. The molecule has 1 saturated heterocycles. The van der Waals surface area contributed by atoms with Crippen molar-refractivity contribution in [2.75, 3.05) is 11.4 Å². The molecular formula is C10H9Cl2N3O. The second-order valence-electron chi connectivity index (χ2n) is 3.51. The molecule has 84 valence electrons. The van der Waals surface area contributed by atoms with Crippen molar-refractivity contribution in [3.8, 4) is 0 Å². The highest BCUT2D eigenvalue weighted by Gasteiger charge is 2.31. The van der Waals surface area contributed by atoms with Crippen LogP contribution in [0.2, 0.25) is 10.3 Å². The lowest BCUT2D eigenvalue weighted by molar-refractivity contribution is -0.117. The minimum atomic E-state index is -0.0246. The van der Waals surface area contributed by atoms with Gasteiger partial charge in [0.05, 0.1) is 6.20 Å². The highest BCUT2D eigenvalue weighted by atomic mass is 35.5. The summed E-state index contributed by atoms with van der Waals surface area (Å²) in [5.41, 5.74) is 0. The zero-order chi connectivity index (χ0) is 11.7. The third kappa shape index (κ3) is 2.03. The maximum absolute atomic E-state index is 11.7. The lowest BCUT2D eigenvalue weighted by atomic mass is 10.1. The summed E-state index contributed by atoms with van der Waals surface area (Å²) in [6.45, 7) is 4.21. The molecule has 1 aromatic rings. The Morgan fingerprint density at radius 1 is 1.56 bits per heavy atom. The number of rotatable bonds is 2. The zero-order valence-electron chi connectivity index (χ0n) is 8.36. The van der Waals surface area contributed by atoms with Crippen LogP contribution in [0.4, 0.5) is 5.82 Å². The molecule has 1 aliphatic rings. The monoisotopic (exact) mass is 257 g/mol. The van der Waals surface area contributed by atoms with E-state index in [2.05, 4.69) is 16.5 Å². The molecule has 0 N–H and O–H groups in total. The van der Waals surface area contributed by atoms with Gasteiger partial charge in [-0.25, -0.2) is 9.97 Å². The molecule has 16 heavy (non-hydrogen) atoms. The van der Waals surface area contributed by atoms with E-state index in [4.69, 9.17) is 23.2 Å². The molecule has 1 aromatic heterocycles. The number of aromatic nitrogens is 2. The summed E-state index contributed by atoms with van der Waals surface area (Å²) in [7, 11) is 0. The summed E-state index contributed by atoms with van der Waals surface area (Å²) in [5.74, 6) is 0.477. The van der Waals surface area contributed by atoms with E-state index < -0.39 is 0 Å². The van der Waals surface area contributed by atoms with E-state index in [1.807, 2.05) is 0 Å². The lowest BCUT2D eigenvalue weighted by Gasteiger charge is -2.15. The highest BCUT2D eigenvalue weighted by Crippen LogP contribution is 2.29. The Balaban J connectivity index is 2.31. The van der Waals surface area contributed by atoms with Crippen molar-refractivity contribution in [2.45, 2.75) is 6.42 Å². The van der Waals surface area contributed by atoms with Crippen LogP contribution in [0.25, 0.3) is 0 Å². The first-order chi connectivity index (χ1) is 7.61. The van der Waals surface area contributed by atoms with Gasteiger partial charge in [-0.3, -0.25) is 9.69 Å².